The largest absolute Gasteiger partial charge is 0.281 e. The van der Waals surface area contributed by atoms with E-state index in [1.807, 2.05) is 6.92 Å². The van der Waals surface area contributed by atoms with Crippen molar-refractivity contribution >= 4 is 16.8 Å². The molecule has 0 rings (SSSR count). The van der Waals surface area contributed by atoms with Crippen molar-refractivity contribution in [1.82, 2.24) is 0 Å². The lowest BCUT2D eigenvalue weighted by Gasteiger charge is -2.08. The van der Waals surface area contributed by atoms with Crippen LogP contribution in [0.1, 0.15) is 71.6 Å². The highest BCUT2D eigenvalue weighted by Gasteiger charge is 2.12. The molecule has 15 heavy (non-hydrogen) atoms. The molecule has 1 nitrogen and oxygen atoms in total. The molecule has 0 spiro atoms. The van der Waals surface area contributed by atoms with Crippen molar-refractivity contribution in [3.8, 4) is 0 Å². The van der Waals surface area contributed by atoms with Crippen LogP contribution in [0.2, 0.25) is 0 Å². The molecule has 0 saturated carbocycles. The molecular weight excluding hydrogens is 208 g/mol. The van der Waals surface area contributed by atoms with Gasteiger partial charge in [0.05, 0.1) is 0 Å². The van der Waals surface area contributed by atoms with E-state index in [0.717, 1.165) is 19.3 Å². The van der Waals surface area contributed by atoms with Gasteiger partial charge < -0.3 is 0 Å². The Morgan fingerprint density at radius 3 is 2.00 bits per heavy atom. The zero-order valence-corrected chi connectivity index (χ0v) is 11.0. The summed E-state index contributed by atoms with van der Waals surface area (Å²) in [5.74, 6) is 0.0994. The minimum atomic E-state index is -0.150. The van der Waals surface area contributed by atoms with Crippen molar-refractivity contribution in [2.45, 2.75) is 71.6 Å². The fraction of sp³-hybridized carbons (Fsp3) is 0.923. The maximum atomic E-state index is 10.9. The van der Waals surface area contributed by atoms with E-state index in [1.54, 1.807) is 0 Å². The molecule has 0 aromatic heterocycles. The molecule has 0 aliphatic rings. The van der Waals surface area contributed by atoms with Gasteiger partial charge in [-0.1, -0.05) is 58.8 Å². The maximum absolute atomic E-state index is 10.9. The third-order valence-electron chi connectivity index (χ3n) is 2.97. The molecule has 0 aliphatic heterocycles. The van der Waals surface area contributed by atoms with Crippen molar-refractivity contribution in [2.75, 3.05) is 0 Å². The Labute approximate surface area is 99.6 Å². The van der Waals surface area contributed by atoms with Crippen molar-refractivity contribution < 1.29 is 4.79 Å². The molecule has 0 amide bonds. The molecule has 2 heteroatoms. The predicted molar refractivity (Wildman–Crippen MR) is 67.3 cm³/mol. The number of rotatable bonds is 10. The highest BCUT2D eigenvalue weighted by atomic mass is 35.5. The summed E-state index contributed by atoms with van der Waals surface area (Å²) in [4.78, 5) is 10.9. The summed E-state index contributed by atoms with van der Waals surface area (Å²) in [6, 6.07) is 0. The Kier molecular flexibility index (Phi) is 10.4. The minimum absolute atomic E-state index is 0.0994. The second-order valence-electron chi connectivity index (χ2n) is 4.32. The van der Waals surface area contributed by atoms with Gasteiger partial charge in [-0.05, 0) is 24.4 Å². The van der Waals surface area contributed by atoms with Gasteiger partial charge in [0.2, 0.25) is 5.24 Å². The van der Waals surface area contributed by atoms with Crippen LogP contribution in [0.25, 0.3) is 0 Å². The molecule has 0 N–H and O–H groups in total. The van der Waals surface area contributed by atoms with Crippen LogP contribution in [-0.4, -0.2) is 5.24 Å². The highest BCUT2D eigenvalue weighted by Crippen LogP contribution is 2.17. The fourth-order valence-corrected chi connectivity index (χ4v) is 2.09. The van der Waals surface area contributed by atoms with Crippen LogP contribution in [0.5, 0.6) is 0 Å². The fourth-order valence-electron chi connectivity index (χ4n) is 1.83. The summed E-state index contributed by atoms with van der Waals surface area (Å²) < 4.78 is 0. The van der Waals surface area contributed by atoms with E-state index in [4.69, 9.17) is 11.6 Å². The first kappa shape index (κ1) is 15.0. The molecule has 0 radical (unpaired) electrons. The van der Waals surface area contributed by atoms with Crippen LogP contribution in [0.4, 0.5) is 0 Å². The third-order valence-corrected chi connectivity index (χ3v) is 3.28. The lowest BCUT2D eigenvalue weighted by atomic mass is 9.99. The van der Waals surface area contributed by atoms with Gasteiger partial charge in [-0.15, -0.1) is 0 Å². The average molecular weight is 233 g/mol. The molecular formula is C13H25ClO. The number of unbranched alkanes of at least 4 members (excludes halogenated alkanes) is 6. The van der Waals surface area contributed by atoms with E-state index in [1.165, 1.54) is 38.5 Å². The van der Waals surface area contributed by atoms with Gasteiger partial charge in [-0.2, -0.15) is 0 Å². The van der Waals surface area contributed by atoms with Crippen molar-refractivity contribution in [2.24, 2.45) is 5.92 Å². The van der Waals surface area contributed by atoms with Crippen LogP contribution in [0.3, 0.4) is 0 Å². The molecule has 0 bridgehead atoms. The van der Waals surface area contributed by atoms with E-state index in [2.05, 4.69) is 6.92 Å². The van der Waals surface area contributed by atoms with E-state index < -0.39 is 0 Å². The number of hydrogen-bond donors (Lipinski definition) is 0. The standard InChI is InChI=1S/C13H25ClO/c1-3-5-6-7-8-9-10-11-12(4-2)13(14)15/h12H,3-11H2,1-2H3. The first-order valence-corrected chi connectivity index (χ1v) is 6.79. The van der Waals surface area contributed by atoms with E-state index in [0.29, 0.717) is 0 Å². The quantitative estimate of drug-likeness (QED) is 0.386. The van der Waals surface area contributed by atoms with Gasteiger partial charge in [0, 0.05) is 5.92 Å². The van der Waals surface area contributed by atoms with Crippen molar-refractivity contribution in [3.63, 3.8) is 0 Å². The number of halogens is 1. The summed E-state index contributed by atoms with van der Waals surface area (Å²) in [5.41, 5.74) is 0. The van der Waals surface area contributed by atoms with Crippen LogP contribution >= 0.6 is 11.6 Å². The van der Waals surface area contributed by atoms with Crippen molar-refractivity contribution in [1.29, 1.82) is 0 Å². The second kappa shape index (κ2) is 10.5. The molecule has 0 saturated heterocycles. The molecule has 1 unspecified atom stereocenters. The van der Waals surface area contributed by atoms with E-state index in [9.17, 15) is 4.79 Å². The molecule has 0 heterocycles. The molecule has 1 atom stereocenters. The number of carbonyl (C=O) groups excluding carboxylic acids is 1. The van der Waals surface area contributed by atoms with E-state index in [-0.39, 0.29) is 11.2 Å². The Bertz CT molecular complexity index is 157. The minimum Gasteiger partial charge on any atom is -0.281 e. The molecule has 90 valence electrons. The number of hydrogen-bond acceptors (Lipinski definition) is 1. The first-order valence-electron chi connectivity index (χ1n) is 6.41. The number of carbonyl (C=O) groups is 1. The Morgan fingerprint density at radius 2 is 1.53 bits per heavy atom. The normalized spacial score (nSPS) is 12.7. The van der Waals surface area contributed by atoms with Gasteiger partial charge in [-0.3, -0.25) is 4.79 Å². The molecule has 0 aliphatic carbocycles. The zero-order chi connectivity index (χ0) is 11.5. The van der Waals surface area contributed by atoms with Crippen LogP contribution < -0.4 is 0 Å². The Balaban J connectivity index is 3.25. The van der Waals surface area contributed by atoms with E-state index >= 15 is 0 Å². The maximum Gasteiger partial charge on any atom is 0.224 e. The average Bonchev–Trinajstić information content (AvgIpc) is 2.21. The smallest absolute Gasteiger partial charge is 0.224 e. The topological polar surface area (TPSA) is 17.1 Å². The Morgan fingerprint density at radius 1 is 1.00 bits per heavy atom. The predicted octanol–water partition coefficient (Wildman–Crippen LogP) is 4.92. The van der Waals surface area contributed by atoms with Crippen molar-refractivity contribution in [3.05, 3.63) is 0 Å². The van der Waals surface area contributed by atoms with Crippen LogP contribution in [0.15, 0.2) is 0 Å². The SMILES string of the molecule is CCCCCCCCCC(CC)C(=O)Cl. The lowest BCUT2D eigenvalue weighted by molar-refractivity contribution is -0.115. The summed E-state index contributed by atoms with van der Waals surface area (Å²) >= 11 is 5.49. The van der Waals surface area contributed by atoms with Crippen LogP contribution in [0, 0.1) is 5.92 Å². The van der Waals surface area contributed by atoms with Gasteiger partial charge >= 0.3 is 0 Å². The molecule has 0 aromatic rings. The molecule has 0 aromatic carbocycles. The zero-order valence-electron chi connectivity index (χ0n) is 10.2. The van der Waals surface area contributed by atoms with Gasteiger partial charge in [0.1, 0.15) is 0 Å². The van der Waals surface area contributed by atoms with Crippen LogP contribution in [-0.2, 0) is 4.79 Å². The lowest BCUT2D eigenvalue weighted by Crippen LogP contribution is -2.06. The van der Waals surface area contributed by atoms with Gasteiger partial charge in [-0.25, -0.2) is 0 Å². The summed E-state index contributed by atoms with van der Waals surface area (Å²) in [6.07, 6.45) is 11.0. The third kappa shape index (κ3) is 8.92. The molecule has 0 fully saturated rings. The summed E-state index contributed by atoms with van der Waals surface area (Å²) in [7, 11) is 0. The summed E-state index contributed by atoms with van der Waals surface area (Å²) in [5, 5.41) is -0.150. The monoisotopic (exact) mass is 232 g/mol. The summed E-state index contributed by atoms with van der Waals surface area (Å²) in [6.45, 7) is 4.27. The van der Waals surface area contributed by atoms with Gasteiger partial charge in [0.25, 0.3) is 0 Å². The first-order chi connectivity index (χ1) is 7.22. The highest BCUT2D eigenvalue weighted by molar-refractivity contribution is 6.63. The Hall–Kier alpha value is -0.0400. The van der Waals surface area contributed by atoms with Gasteiger partial charge in [0.15, 0.2) is 0 Å². The second-order valence-corrected chi connectivity index (χ2v) is 4.69.